The van der Waals surface area contributed by atoms with E-state index in [2.05, 4.69) is 4.74 Å². The summed E-state index contributed by atoms with van der Waals surface area (Å²) in [5.74, 6) is -4.88. The van der Waals surface area contributed by atoms with E-state index in [-0.39, 0.29) is 13.0 Å². The molecule has 0 unspecified atom stereocenters. The summed E-state index contributed by atoms with van der Waals surface area (Å²) in [6.45, 7) is 2.74. The second-order valence-electron chi connectivity index (χ2n) is 2.57. The highest BCUT2D eigenvalue weighted by molar-refractivity contribution is 6.01. The molecule has 0 aliphatic heterocycles. The van der Waals surface area contributed by atoms with Crippen LogP contribution in [0.2, 0.25) is 0 Å². The summed E-state index contributed by atoms with van der Waals surface area (Å²) in [5, 5.41) is 0. The van der Waals surface area contributed by atoms with Crippen LogP contribution in [0.25, 0.3) is 0 Å². The van der Waals surface area contributed by atoms with E-state index in [1.54, 1.807) is 0 Å². The normalized spacial score (nSPS) is 13.5. The summed E-state index contributed by atoms with van der Waals surface area (Å²) in [7, 11) is 0. The smallest absolute Gasteiger partial charge is 0.450 e. The van der Waals surface area contributed by atoms with Crippen LogP contribution >= 0.6 is 0 Å². The lowest BCUT2D eigenvalue weighted by molar-refractivity contribution is -0.181. The van der Waals surface area contributed by atoms with E-state index in [4.69, 9.17) is 0 Å². The molecule has 0 aromatic heterocycles. The number of carbonyl (C=O) groups is 2. The molecule has 0 aliphatic carbocycles. The van der Waals surface area contributed by atoms with Gasteiger partial charge in [0, 0.05) is 0 Å². The van der Waals surface area contributed by atoms with E-state index < -0.39 is 23.8 Å². The summed E-state index contributed by atoms with van der Waals surface area (Å²) in [4.78, 5) is 21.6. The minimum Gasteiger partial charge on any atom is -0.465 e. The number of Topliss-reactive ketones (excluding diaryl/α,β-unsaturated/α-hetero) is 1. The monoisotopic (exact) mass is 212 g/mol. The summed E-state index contributed by atoms with van der Waals surface area (Å²) in [6.07, 6.45) is -5.19. The van der Waals surface area contributed by atoms with Crippen LogP contribution in [0, 0.1) is 5.92 Å². The molecule has 0 rings (SSSR count). The molecular weight excluding hydrogens is 201 g/mol. The third kappa shape index (κ3) is 3.35. The van der Waals surface area contributed by atoms with Gasteiger partial charge in [0.25, 0.3) is 0 Å². The van der Waals surface area contributed by atoms with Gasteiger partial charge in [0.15, 0.2) is 0 Å². The van der Waals surface area contributed by atoms with Gasteiger partial charge in [-0.1, -0.05) is 6.92 Å². The van der Waals surface area contributed by atoms with Gasteiger partial charge >= 0.3 is 12.1 Å². The van der Waals surface area contributed by atoms with Gasteiger partial charge in [-0.3, -0.25) is 9.59 Å². The maximum Gasteiger partial charge on any atom is 0.450 e. The first-order valence-corrected chi connectivity index (χ1v) is 4.12. The SMILES string of the molecule is CCOC(=O)[C@H](CC)C(=O)C(F)(F)F. The predicted octanol–water partition coefficient (Wildman–Crippen LogP) is 1.71. The van der Waals surface area contributed by atoms with Crippen molar-refractivity contribution in [2.75, 3.05) is 6.61 Å². The molecule has 0 aliphatic rings. The topological polar surface area (TPSA) is 43.4 Å². The van der Waals surface area contributed by atoms with Gasteiger partial charge in [0.1, 0.15) is 5.92 Å². The number of halogens is 3. The lowest BCUT2D eigenvalue weighted by Crippen LogP contribution is -2.35. The molecule has 0 bridgehead atoms. The van der Waals surface area contributed by atoms with E-state index in [0.717, 1.165) is 0 Å². The van der Waals surface area contributed by atoms with E-state index in [1.165, 1.54) is 13.8 Å². The number of alkyl halides is 3. The molecule has 14 heavy (non-hydrogen) atoms. The number of carbonyl (C=O) groups excluding carboxylic acids is 2. The van der Waals surface area contributed by atoms with Crippen LogP contribution in [0.5, 0.6) is 0 Å². The maximum absolute atomic E-state index is 11.9. The molecule has 0 aromatic rings. The molecule has 0 heterocycles. The first-order chi connectivity index (χ1) is 6.34. The Morgan fingerprint density at radius 3 is 2.07 bits per heavy atom. The third-order valence-corrected chi connectivity index (χ3v) is 1.58. The maximum atomic E-state index is 11.9. The van der Waals surface area contributed by atoms with Crippen molar-refractivity contribution in [3.63, 3.8) is 0 Å². The van der Waals surface area contributed by atoms with Gasteiger partial charge in [-0.05, 0) is 13.3 Å². The highest BCUT2D eigenvalue weighted by Crippen LogP contribution is 2.23. The van der Waals surface area contributed by atoms with Crippen LogP contribution in [0.1, 0.15) is 20.3 Å². The van der Waals surface area contributed by atoms with Crippen LogP contribution in [0.4, 0.5) is 13.2 Å². The first kappa shape index (κ1) is 12.9. The fraction of sp³-hybridized carbons (Fsp3) is 0.750. The number of ether oxygens (including phenoxy) is 1. The van der Waals surface area contributed by atoms with Crippen molar-refractivity contribution < 1.29 is 27.5 Å². The molecular formula is C8H11F3O3. The minimum absolute atomic E-state index is 0.0412. The molecule has 0 aromatic carbocycles. The average molecular weight is 212 g/mol. The number of hydrogen-bond acceptors (Lipinski definition) is 3. The molecule has 82 valence electrons. The summed E-state index contributed by atoms with van der Waals surface area (Å²) >= 11 is 0. The fourth-order valence-corrected chi connectivity index (χ4v) is 0.900. The van der Waals surface area contributed by atoms with Gasteiger partial charge in [-0.15, -0.1) is 0 Å². The van der Waals surface area contributed by atoms with Crippen molar-refractivity contribution in [2.45, 2.75) is 26.4 Å². The highest BCUT2D eigenvalue weighted by Gasteiger charge is 2.45. The Balaban J connectivity index is 4.57. The highest BCUT2D eigenvalue weighted by atomic mass is 19.4. The van der Waals surface area contributed by atoms with Crippen molar-refractivity contribution in [1.29, 1.82) is 0 Å². The molecule has 0 saturated heterocycles. The Kier molecular flexibility index (Phi) is 4.59. The zero-order valence-electron chi connectivity index (χ0n) is 7.85. The van der Waals surface area contributed by atoms with Crippen LogP contribution in [-0.2, 0) is 14.3 Å². The number of ketones is 1. The van der Waals surface area contributed by atoms with E-state index in [0.29, 0.717) is 0 Å². The van der Waals surface area contributed by atoms with E-state index in [9.17, 15) is 22.8 Å². The molecule has 6 heteroatoms. The van der Waals surface area contributed by atoms with Gasteiger partial charge in [0.2, 0.25) is 5.78 Å². The standard InChI is InChI=1S/C8H11F3O3/c1-3-5(7(13)14-4-2)6(12)8(9,10)11/h5H,3-4H2,1-2H3/t5-/m1/s1. The molecule has 0 saturated carbocycles. The van der Waals surface area contributed by atoms with Crippen molar-refractivity contribution in [3.8, 4) is 0 Å². The van der Waals surface area contributed by atoms with Crippen LogP contribution in [-0.4, -0.2) is 24.5 Å². The van der Waals surface area contributed by atoms with Gasteiger partial charge in [0.05, 0.1) is 6.61 Å². The van der Waals surface area contributed by atoms with Crippen LogP contribution in [0.3, 0.4) is 0 Å². The quantitative estimate of drug-likeness (QED) is 0.526. The predicted molar refractivity (Wildman–Crippen MR) is 41.5 cm³/mol. The summed E-state index contributed by atoms with van der Waals surface area (Å²) in [6, 6.07) is 0. The molecule has 1 atom stereocenters. The average Bonchev–Trinajstić information content (AvgIpc) is 2.04. The molecule has 0 radical (unpaired) electrons. The van der Waals surface area contributed by atoms with Crippen molar-refractivity contribution >= 4 is 11.8 Å². The second kappa shape index (κ2) is 4.97. The number of esters is 1. The molecule has 0 spiro atoms. The molecule has 0 N–H and O–H groups in total. The van der Waals surface area contributed by atoms with Gasteiger partial charge in [-0.2, -0.15) is 13.2 Å². The van der Waals surface area contributed by atoms with Crippen LogP contribution in [0.15, 0.2) is 0 Å². The van der Waals surface area contributed by atoms with Gasteiger partial charge in [-0.25, -0.2) is 0 Å². The third-order valence-electron chi connectivity index (χ3n) is 1.58. The minimum atomic E-state index is -4.98. The molecule has 0 fully saturated rings. The zero-order valence-corrected chi connectivity index (χ0v) is 7.85. The Labute approximate surface area is 79.2 Å². The second-order valence-corrected chi connectivity index (χ2v) is 2.57. The Morgan fingerprint density at radius 1 is 1.29 bits per heavy atom. The largest absolute Gasteiger partial charge is 0.465 e. The lowest BCUT2D eigenvalue weighted by atomic mass is 10.0. The summed E-state index contributed by atoms with van der Waals surface area (Å²) in [5.41, 5.74) is 0. The molecule has 3 nitrogen and oxygen atoms in total. The van der Waals surface area contributed by atoms with E-state index in [1.807, 2.05) is 0 Å². The number of hydrogen-bond donors (Lipinski definition) is 0. The van der Waals surface area contributed by atoms with E-state index >= 15 is 0 Å². The van der Waals surface area contributed by atoms with Crippen molar-refractivity contribution in [1.82, 2.24) is 0 Å². The Hall–Kier alpha value is -1.07. The molecule has 0 amide bonds. The van der Waals surface area contributed by atoms with Gasteiger partial charge < -0.3 is 4.74 Å². The Morgan fingerprint density at radius 2 is 1.79 bits per heavy atom. The first-order valence-electron chi connectivity index (χ1n) is 4.12. The van der Waals surface area contributed by atoms with Crippen molar-refractivity contribution in [2.24, 2.45) is 5.92 Å². The number of rotatable bonds is 4. The van der Waals surface area contributed by atoms with Crippen molar-refractivity contribution in [3.05, 3.63) is 0 Å². The fourth-order valence-electron chi connectivity index (χ4n) is 0.900. The zero-order chi connectivity index (χ0) is 11.4. The summed E-state index contributed by atoms with van der Waals surface area (Å²) < 4.78 is 40.1. The van der Waals surface area contributed by atoms with Crippen LogP contribution < -0.4 is 0 Å². The Bertz CT molecular complexity index is 222. The lowest BCUT2D eigenvalue weighted by Gasteiger charge is -2.13.